The first-order valence-electron chi connectivity index (χ1n) is 11.4. The number of nitrogens with one attached hydrogen (secondary N) is 2. The van der Waals surface area contributed by atoms with E-state index in [4.69, 9.17) is 9.40 Å². The molecular formula is C23H33N5O2. The second-order valence-corrected chi connectivity index (χ2v) is 9.51. The number of carbonyl (C=O) groups is 1. The highest BCUT2D eigenvalue weighted by Crippen LogP contribution is 2.33. The van der Waals surface area contributed by atoms with Crippen molar-refractivity contribution in [1.29, 1.82) is 0 Å². The Balaban J connectivity index is 1.36. The van der Waals surface area contributed by atoms with Gasteiger partial charge in [0.15, 0.2) is 5.58 Å². The molecule has 2 unspecified atom stereocenters. The molecule has 2 N–H and O–H groups in total. The van der Waals surface area contributed by atoms with E-state index >= 15 is 0 Å². The molecule has 7 nitrogen and oxygen atoms in total. The number of anilines is 1. The molecule has 3 saturated heterocycles. The van der Waals surface area contributed by atoms with Crippen LogP contribution in [0.25, 0.3) is 11.1 Å². The molecule has 0 spiro atoms. The number of piperidine rings is 2. The van der Waals surface area contributed by atoms with Gasteiger partial charge in [0.25, 0.3) is 11.9 Å². The predicted molar refractivity (Wildman–Crippen MR) is 118 cm³/mol. The highest BCUT2D eigenvalue weighted by Gasteiger charge is 2.36. The SMILES string of the molecule is C[C@@H]1CN(c2nc3c(C(=O)NC4CC5CCCC(C4)N5C)cccc3o2)[C@@H](C)CN1. The molecular weight excluding hydrogens is 378 g/mol. The molecule has 3 fully saturated rings. The Hall–Kier alpha value is -2.12. The van der Waals surface area contributed by atoms with Crippen molar-refractivity contribution in [3.63, 3.8) is 0 Å². The summed E-state index contributed by atoms with van der Waals surface area (Å²) in [5, 5.41) is 6.79. The van der Waals surface area contributed by atoms with Gasteiger partial charge >= 0.3 is 0 Å². The molecule has 0 radical (unpaired) electrons. The Morgan fingerprint density at radius 1 is 1.23 bits per heavy atom. The van der Waals surface area contributed by atoms with E-state index in [1.54, 1.807) is 0 Å². The summed E-state index contributed by atoms with van der Waals surface area (Å²) in [4.78, 5) is 22.7. The number of fused-ring (bicyclic) bond motifs is 3. The number of hydrogen-bond donors (Lipinski definition) is 2. The van der Waals surface area contributed by atoms with Crippen molar-refractivity contribution < 1.29 is 9.21 Å². The highest BCUT2D eigenvalue weighted by atomic mass is 16.4. The van der Waals surface area contributed by atoms with Crippen LogP contribution in [0.15, 0.2) is 22.6 Å². The molecule has 0 aliphatic carbocycles. The van der Waals surface area contributed by atoms with Crippen molar-refractivity contribution in [1.82, 2.24) is 20.5 Å². The van der Waals surface area contributed by atoms with E-state index in [0.717, 1.165) is 25.9 Å². The summed E-state index contributed by atoms with van der Waals surface area (Å²) < 4.78 is 6.08. The topological polar surface area (TPSA) is 73.6 Å². The van der Waals surface area contributed by atoms with Crippen LogP contribution in [-0.2, 0) is 0 Å². The van der Waals surface area contributed by atoms with E-state index in [1.807, 2.05) is 18.2 Å². The maximum absolute atomic E-state index is 13.2. The molecule has 30 heavy (non-hydrogen) atoms. The maximum atomic E-state index is 13.2. The third-order valence-electron chi connectivity index (χ3n) is 7.34. The van der Waals surface area contributed by atoms with Crippen LogP contribution < -0.4 is 15.5 Å². The van der Waals surface area contributed by atoms with Gasteiger partial charge in [-0.15, -0.1) is 0 Å². The monoisotopic (exact) mass is 411 g/mol. The Bertz CT molecular complexity index is 913. The second kappa shape index (κ2) is 7.85. The van der Waals surface area contributed by atoms with Crippen molar-refractivity contribution in [2.45, 2.75) is 76.2 Å². The Morgan fingerprint density at radius 2 is 2.00 bits per heavy atom. The molecule has 2 bridgehead atoms. The Morgan fingerprint density at radius 3 is 2.77 bits per heavy atom. The average Bonchev–Trinajstić information content (AvgIpc) is 3.14. The number of para-hydroxylation sites is 1. The summed E-state index contributed by atoms with van der Waals surface area (Å²) >= 11 is 0. The van der Waals surface area contributed by atoms with Gasteiger partial charge in [-0.3, -0.25) is 4.79 Å². The lowest BCUT2D eigenvalue weighted by molar-refractivity contribution is 0.0463. The largest absolute Gasteiger partial charge is 0.423 e. The molecule has 1 amide bonds. The van der Waals surface area contributed by atoms with Crippen LogP contribution >= 0.6 is 0 Å². The third kappa shape index (κ3) is 3.58. The van der Waals surface area contributed by atoms with Gasteiger partial charge < -0.3 is 24.9 Å². The lowest BCUT2D eigenvalue weighted by Crippen LogP contribution is -2.55. The van der Waals surface area contributed by atoms with E-state index in [-0.39, 0.29) is 11.9 Å². The molecule has 162 valence electrons. The first kappa shape index (κ1) is 19.8. The zero-order chi connectivity index (χ0) is 20.8. The van der Waals surface area contributed by atoms with Crippen LogP contribution in [0.1, 0.15) is 56.3 Å². The van der Waals surface area contributed by atoms with Crippen LogP contribution in [0.2, 0.25) is 0 Å². The molecule has 7 heteroatoms. The molecule has 4 atom stereocenters. The van der Waals surface area contributed by atoms with Crippen LogP contribution in [0.4, 0.5) is 6.01 Å². The molecule has 3 aliphatic rings. The molecule has 1 aromatic carbocycles. The Kier molecular flexibility index (Phi) is 5.19. The zero-order valence-electron chi connectivity index (χ0n) is 18.2. The van der Waals surface area contributed by atoms with Gasteiger partial charge in [-0.1, -0.05) is 12.5 Å². The summed E-state index contributed by atoms with van der Waals surface area (Å²) in [6, 6.07) is 8.36. The summed E-state index contributed by atoms with van der Waals surface area (Å²) in [6.07, 6.45) is 5.86. The van der Waals surface area contributed by atoms with Crippen LogP contribution in [0.5, 0.6) is 0 Å². The minimum absolute atomic E-state index is 0.0326. The molecule has 5 rings (SSSR count). The fourth-order valence-corrected chi connectivity index (χ4v) is 5.53. The van der Waals surface area contributed by atoms with Crippen molar-refractivity contribution >= 4 is 23.0 Å². The minimum Gasteiger partial charge on any atom is -0.423 e. The fourth-order valence-electron chi connectivity index (χ4n) is 5.53. The normalized spacial score (nSPS) is 32.4. The van der Waals surface area contributed by atoms with Crippen LogP contribution in [0.3, 0.4) is 0 Å². The summed E-state index contributed by atoms with van der Waals surface area (Å²) in [7, 11) is 2.24. The van der Waals surface area contributed by atoms with E-state index in [0.29, 0.717) is 46.8 Å². The van der Waals surface area contributed by atoms with Gasteiger partial charge in [0.05, 0.1) is 5.56 Å². The van der Waals surface area contributed by atoms with Gasteiger partial charge in [0, 0.05) is 43.3 Å². The van der Waals surface area contributed by atoms with Crippen molar-refractivity contribution in [3.8, 4) is 0 Å². The minimum atomic E-state index is -0.0326. The molecule has 0 saturated carbocycles. The number of hydrogen-bond acceptors (Lipinski definition) is 6. The van der Waals surface area contributed by atoms with Crippen molar-refractivity contribution in [2.75, 3.05) is 25.0 Å². The number of benzene rings is 1. The first-order valence-corrected chi connectivity index (χ1v) is 11.4. The maximum Gasteiger partial charge on any atom is 0.298 e. The number of nitrogens with zero attached hydrogens (tertiary/aromatic N) is 3. The lowest BCUT2D eigenvalue weighted by Gasteiger charge is -2.47. The van der Waals surface area contributed by atoms with Crippen molar-refractivity contribution in [3.05, 3.63) is 23.8 Å². The van der Waals surface area contributed by atoms with E-state index < -0.39 is 0 Å². The number of piperazine rings is 1. The van der Waals surface area contributed by atoms with E-state index in [2.05, 4.69) is 41.3 Å². The fraction of sp³-hybridized carbons (Fsp3) is 0.652. The number of carbonyl (C=O) groups excluding carboxylic acids is 1. The van der Waals surface area contributed by atoms with Gasteiger partial charge in [-0.2, -0.15) is 4.98 Å². The average molecular weight is 412 g/mol. The molecule has 1 aromatic heterocycles. The summed E-state index contributed by atoms with van der Waals surface area (Å²) in [5.74, 6) is -0.0326. The number of rotatable bonds is 3. The smallest absolute Gasteiger partial charge is 0.298 e. The standard InChI is InChI=1S/C23H33N5O2/c1-14-13-28(15(2)12-24-14)23-26-21-19(8-5-9-20(21)30-23)22(29)25-16-10-17-6-4-7-18(11-16)27(17)3/h5,8-9,14-18,24H,4,6-7,10-13H2,1-3H3,(H,25,29)/t14-,15+,16?,17?,18?/m1/s1. The van der Waals surface area contributed by atoms with Gasteiger partial charge in [-0.25, -0.2) is 0 Å². The molecule has 4 heterocycles. The zero-order valence-corrected chi connectivity index (χ0v) is 18.2. The number of amides is 1. The predicted octanol–water partition coefficient (Wildman–Crippen LogP) is 2.76. The highest BCUT2D eigenvalue weighted by molar-refractivity contribution is 6.04. The van der Waals surface area contributed by atoms with E-state index in [1.165, 1.54) is 19.3 Å². The number of aromatic nitrogens is 1. The van der Waals surface area contributed by atoms with Gasteiger partial charge in [-0.05, 0) is 58.7 Å². The lowest BCUT2D eigenvalue weighted by atomic mass is 9.82. The summed E-state index contributed by atoms with van der Waals surface area (Å²) in [5.41, 5.74) is 1.95. The number of oxazole rings is 1. The Labute approximate surface area is 178 Å². The quantitative estimate of drug-likeness (QED) is 0.809. The third-order valence-corrected chi connectivity index (χ3v) is 7.34. The van der Waals surface area contributed by atoms with Crippen LogP contribution in [0, 0.1) is 0 Å². The van der Waals surface area contributed by atoms with Crippen LogP contribution in [-0.4, -0.2) is 66.1 Å². The second-order valence-electron chi connectivity index (χ2n) is 9.51. The first-order chi connectivity index (χ1) is 14.5. The molecule has 2 aromatic rings. The summed E-state index contributed by atoms with van der Waals surface area (Å²) in [6.45, 7) is 6.06. The van der Waals surface area contributed by atoms with Gasteiger partial charge in [0.1, 0.15) is 5.52 Å². The van der Waals surface area contributed by atoms with E-state index in [9.17, 15) is 4.79 Å². The molecule has 3 aliphatic heterocycles. The van der Waals surface area contributed by atoms with Gasteiger partial charge in [0.2, 0.25) is 0 Å². The van der Waals surface area contributed by atoms with Crippen molar-refractivity contribution in [2.24, 2.45) is 0 Å².